The van der Waals surface area contributed by atoms with Gasteiger partial charge < -0.3 is 5.11 Å². The second kappa shape index (κ2) is 6.07. The summed E-state index contributed by atoms with van der Waals surface area (Å²) >= 11 is 13.9. The zero-order valence-electron chi connectivity index (χ0n) is 11.0. The number of aryl methyl sites for hydroxylation is 1. The van der Waals surface area contributed by atoms with E-state index in [9.17, 15) is 5.11 Å². The summed E-state index contributed by atoms with van der Waals surface area (Å²) in [7, 11) is 0. The molecule has 2 unspecified atom stereocenters. The van der Waals surface area contributed by atoms with Crippen molar-refractivity contribution in [2.24, 2.45) is 0 Å². The maximum Gasteiger partial charge on any atom is 0.0649 e. The second-order valence-electron chi connectivity index (χ2n) is 5.31. The zero-order valence-corrected chi connectivity index (χ0v) is 13.3. The highest BCUT2D eigenvalue weighted by molar-refractivity contribution is 7.10. The van der Waals surface area contributed by atoms with Crippen LogP contribution in [0.25, 0.3) is 0 Å². The van der Waals surface area contributed by atoms with Gasteiger partial charge in [0, 0.05) is 27.3 Å². The molecular formula is C16H16Cl2OS. The number of aliphatic hydroxyl groups is 1. The van der Waals surface area contributed by atoms with Crippen molar-refractivity contribution in [3.63, 3.8) is 0 Å². The Kier molecular flexibility index (Phi) is 4.37. The van der Waals surface area contributed by atoms with Gasteiger partial charge in [0.1, 0.15) is 0 Å². The van der Waals surface area contributed by atoms with E-state index >= 15 is 0 Å². The third kappa shape index (κ3) is 2.89. The van der Waals surface area contributed by atoms with Crippen LogP contribution in [0.4, 0.5) is 0 Å². The van der Waals surface area contributed by atoms with Gasteiger partial charge in [0.15, 0.2) is 0 Å². The highest BCUT2D eigenvalue weighted by Gasteiger charge is 2.27. The summed E-state index contributed by atoms with van der Waals surface area (Å²) in [6.07, 6.45) is 3.55. The average Bonchev–Trinajstić information content (AvgIpc) is 2.90. The molecule has 0 spiro atoms. The summed E-state index contributed by atoms with van der Waals surface area (Å²) in [5.74, 6) is 0.233. The molecule has 0 bridgehead atoms. The van der Waals surface area contributed by atoms with Crippen LogP contribution in [0.15, 0.2) is 29.6 Å². The summed E-state index contributed by atoms with van der Waals surface area (Å²) in [5.41, 5.74) is 2.30. The molecular weight excluding hydrogens is 311 g/mol. The van der Waals surface area contributed by atoms with E-state index < -0.39 is 0 Å². The maximum atomic E-state index is 10.6. The first kappa shape index (κ1) is 14.4. The fraction of sp³-hybridized carbons (Fsp3) is 0.375. The predicted molar refractivity (Wildman–Crippen MR) is 86.2 cm³/mol. The molecule has 0 aliphatic heterocycles. The first-order valence-corrected chi connectivity index (χ1v) is 8.47. The van der Waals surface area contributed by atoms with Crippen LogP contribution in [-0.2, 0) is 12.8 Å². The van der Waals surface area contributed by atoms with Gasteiger partial charge in [0.25, 0.3) is 0 Å². The third-order valence-electron chi connectivity index (χ3n) is 4.01. The SMILES string of the molecule is OC(Cc1ccc(Cl)cc1Cl)C1CCCc2sccc21. The van der Waals surface area contributed by atoms with Crippen molar-refractivity contribution >= 4 is 34.5 Å². The van der Waals surface area contributed by atoms with Gasteiger partial charge >= 0.3 is 0 Å². The molecule has 1 aromatic heterocycles. The van der Waals surface area contributed by atoms with Gasteiger partial charge in [-0.25, -0.2) is 0 Å². The molecule has 3 rings (SSSR count). The Morgan fingerprint density at radius 1 is 1.30 bits per heavy atom. The van der Waals surface area contributed by atoms with Crippen LogP contribution in [0.3, 0.4) is 0 Å². The quantitative estimate of drug-likeness (QED) is 0.834. The van der Waals surface area contributed by atoms with Crippen LogP contribution < -0.4 is 0 Å². The maximum absolute atomic E-state index is 10.6. The van der Waals surface area contributed by atoms with E-state index in [4.69, 9.17) is 23.2 Å². The van der Waals surface area contributed by atoms with Gasteiger partial charge in [-0.1, -0.05) is 29.3 Å². The molecule has 4 heteroatoms. The summed E-state index contributed by atoms with van der Waals surface area (Å²) in [6.45, 7) is 0. The monoisotopic (exact) mass is 326 g/mol. The Balaban J connectivity index is 1.79. The van der Waals surface area contributed by atoms with Gasteiger partial charge in [0.05, 0.1) is 6.10 Å². The highest BCUT2D eigenvalue weighted by atomic mass is 35.5. The lowest BCUT2D eigenvalue weighted by atomic mass is 9.82. The molecule has 0 amide bonds. The van der Waals surface area contributed by atoms with Crippen molar-refractivity contribution in [3.05, 3.63) is 55.7 Å². The van der Waals surface area contributed by atoms with Gasteiger partial charge in [0.2, 0.25) is 0 Å². The van der Waals surface area contributed by atoms with E-state index in [0.717, 1.165) is 24.8 Å². The molecule has 1 aliphatic rings. The number of hydrogen-bond acceptors (Lipinski definition) is 2. The van der Waals surface area contributed by atoms with Crippen LogP contribution in [0.1, 0.15) is 34.8 Å². The third-order valence-corrected chi connectivity index (χ3v) is 5.59. The molecule has 1 heterocycles. The molecule has 106 valence electrons. The summed E-state index contributed by atoms with van der Waals surface area (Å²) in [6, 6.07) is 7.64. The van der Waals surface area contributed by atoms with Crippen LogP contribution in [-0.4, -0.2) is 11.2 Å². The molecule has 0 fully saturated rings. The highest BCUT2D eigenvalue weighted by Crippen LogP contribution is 2.38. The fourth-order valence-electron chi connectivity index (χ4n) is 2.98. The molecule has 0 saturated carbocycles. The van der Waals surface area contributed by atoms with Crippen molar-refractivity contribution in [1.82, 2.24) is 0 Å². The summed E-state index contributed by atoms with van der Waals surface area (Å²) in [4.78, 5) is 1.43. The smallest absolute Gasteiger partial charge is 0.0649 e. The normalized spacial score (nSPS) is 19.6. The largest absolute Gasteiger partial charge is 0.392 e. The van der Waals surface area contributed by atoms with Gasteiger partial charge in [-0.3, -0.25) is 0 Å². The number of benzene rings is 1. The lowest BCUT2D eigenvalue weighted by molar-refractivity contribution is 0.135. The number of halogens is 2. The van der Waals surface area contributed by atoms with Crippen LogP contribution in [0, 0.1) is 0 Å². The Hall–Kier alpha value is -0.540. The molecule has 20 heavy (non-hydrogen) atoms. The number of thiophene rings is 1. The number of fused-ring (bicyclic) bond motifs is 1. The molecule has 2 aromatic rings. The molecule has 1 N–H and O–H groups in total. The van der Waals surface area contributed by atoms with E-state index in [2.05, 4.69) is 11.4 Å². The van der Waals surface area contributed by atoms with E-state index in [1.54, 1.807) is 17.4 Å². The molecule has 0 saturated heterocycles. The van der Waals surface area contributed by atoms with Gasteiger partial charge in [-0.05, 0) is 54.0 Å². The van der Waals surface area contributed by atoms with Crippen molar-refractivity contribution in [2.75, 3.05) is 0 Å². The minimum absolute atomic E-state index is 0.233. The standard InChI is InChI=1S/C16H16Cl2OS/c17-11-5-4-10(14(18)9-11)8-15(19)12-2-1-3-16-13(12)6-7-20-16/h4-7,9,12,15,19H,1-3,8H2. The summed E-state index contributed by atoms with van der Waals surface area (Å²) in [5, 5.41) is 14.0. The minimum Gasteiger partial charge on any atom is -0.392 e. The Labute approximate surface area is 133 Å². The number of hydrogen-bond donors (Lipinski definition) is 1. The molecule has 1 aromatic carbocycles. The van der Waals surface area contributed by atoms with Crippen LogP contribution >= 0.6 is 34.5 Å². The van der Waals surface area contributed by atoms with E-state index in [1.165, 1.54) is 10.4 Å². The van der Waals surface area contributed by atoms with Crippen molar-refractivity contribution in [1.29, 1.82) is 0 Å². The Morgan fingerprint density at radius 3 is 2.95 bits per heavy atom. The molecule has 1 nitrogen and oxygen atoms in total. The van der Waals surface area contributed by atoms with Crippen molar-refractivity contribution in [3.8, 4) is 0 Å². The topological polar surface area (TPSA) is 20.2 Å². The first-order valence-electron chi connectivity index (χ1n) is 6.83. The molecule has 1 aliphatic carbocycles. The van der Waals surface area contributed by atoms with Gasteiger partial charge in [-0.2, -0.15) is 0 Å². The Morgan fingerprint density at radius 2 is 2.15 bits per heavy atom. The van der Waals surface area contributed by atoms with E-state index in [0.29, 0.717) is 16.5 Å². The first-order chi connectivity index (χ1) is 9.65. The van der Waals surface area contributed by atoms with Crippen LogP contribution in [0.5, 0.6) is 0 Å². The average molecular weight is 327 g/mol. The lowest BCUT2D eigenvalue weighted by Gasteiger charge is -2.27. The van der Waals surface area contributed by atoms with Crippen molar-refractivity contribution in [2.45, 2.75) is 37.7 Å². The zero-order chi connectivity index (χ0) is 14.1. The van der Waals surface area contributed by atoms with Crippen LogP contribution in [0.2, 0.25) is 10.0 Å². The molecule has 0 radical (unpaired) electrons. The number of aliphatic hydroxyl groups excluding tert-OH is 1. The van der Waals surface area contributed by atoms with Gasteiger partial charge in [-0.15, -0.1) is 11.3 Å². The Bertz CT molecular complexity index is 608. The lowest BCUT2D eigenvalue weighted by Crippen LogP contribution is -2.24. The van der Waals surface area contributed by atoms with E-state index in [1.807, 2.05) is 12.1 Å². The fourth-order valence-corrected chi connectivity index (χ4v) is 4.46. The predicted octanol–water partition coefficient (Wildman–Crippen LogP) is 5.08. The second-order valence-corrected chi connectivity index (χ2v) is 7.15. The molecule has 2 atom stereocenters. The minimum atomic E-state index is -0.387. The van der Waals surface area contributed by atoms with E-state index in [-0.39, 0.29) is 12.0 Å². The van der Waals surface area contributed by atoms with Crippen molar-refractivity contribution < 1.29 is 5.11 Å². The summed E-state index contributed by atoms with van der Waals surface area (Å²) < 4.78 is 0. The number of rotatable bonds is 3.